The summed E-state index contributed by atoms with van der Waals surface area (Å²) in [7, 11) is 1.37. The first-order valence-electron chi connectivity index (χ1n) is 23.3. The van der Waals surface area contributed by atoms with E-state index in [2.05, 4.69) is 13.8 Å². The summed E-state index contributed by atoms with van der Waals surface area (Å²) >= 11 is 0. The molecule has 0 aromatic rings. The molecule has 0 bridgehead atoms. The average molecular weight is 790 g/mol. The zero-order chi connectivity index (χ0) is 39.9. The van der Waals surface area contributed by atoms with Gasteiger partial charge in [-0.15, -0.1) is 0 Å². The van der Waals surface area contributed by atoms with Gasteiger partial charge in [-0.05, 0) is 12.8 Å². The summed E-state index contributed by atoms with van der Waals surface area (Å²) in [6, 6.07) is 0. The smallest absolute Gasteiger partial charge is 0.306 e. The summed E-state index contributed by atoms with van der Waals surface area (Å²) in [4.78, 5) is 25.0. The van der Waals surface area contributed by atoms with E-state index >= 15 is 0 Å². The molecule has 0 N–H and O–H groups in total. The van der Waals surface area contributed by atoms with Gasteiger partial charge in [0.1, 0.15) is 19.3 Å². The molecule has 0 fully saturated rings. The van der Waals surface area contributed by atoms with Crippen LogP contribution >= 0.6 is 7.82 Å². The van der Waals surface area contributed by atoms with Crippen molar-refractivity contribution in [1.82, 2.24) is 0 Å². The van der Waals surface area contributed by atoms with Crippen molar-refractivity contribution in [2.45, 2.75) is 232 Å². The molecule has 54 heavy (non-hydrogen) atoms. The molecule has 0 radical (unpaired) electrons. The second kappa shape index (κ2) is 39.3. The predicted octanol–water partition coefficient (Wildman–Crippen LogP) is 13.0. The lowest BCUT2D eigenvalue weighted by molar-refractivity contribution is -0.870. The van der Waals surface area contributed by atoms with Gasteiger partial charge in [0.05, 0.1) is 34.4 Å². The first-order chi connectivity index (χ1) is 26.1. The van der Waals surface area contributed by atoms with Crippen molar-refractivity contribution < 1.29 is 37.3 Å². The van der Waals surface area contributed by atoms with Gasteiger partial charge in [-0.2, -0.15) is 0 Å². The summed E-state index contributed by atoms with van der Waals surface area (Å²) in [5.74, 6) is -0.331. The number of esters is 1. The fourth-order valence-electron chi connectivity index (χ4n) is 6.78. The molecule has 0 spiro atoms. The number of likely N-dealkylation sites (N-methyl/N-ethyl adjacent to an activating group) is 1. The van der Waals surface area contributed by atoms with E-state index in [1.165, 1.54) is 173 Å². The molecule has 0 rings (SSSR count). The van der Waals surface area contributed by atoms with Gasteiger partial charge in [0, 0.05) is 13.0 Å². The number of phosphoric ester groups is 1. The van der Waals surface area contributed by atoms with E-state index in [0.717, 1.165) is 32.1 Å². The monoisotopic (exact) mass is 790 g/mol. The van der Waals surface area contributed by atoms with Gasteiger partial charge in [0.25, 0.3) is 7.82 Å². The number of hydrogen-bond acceptors (Lipinski definition) is 7. The maximum Gasteiger partial charge on any atom is 0.306 e. The number of phosphoric acid groups is 1. The number of unbranched alkanes of at least 4 members (excludes halogenated alkanes) is 30. The Labute approximate surface area is 336 Å². The van der Waals surface area contributed by atoms with Crippen molar-refractivity contribution in [3.8, 4) is 0 Å². The lowest BCUT2D eigenvalue weighted by Gasteiger charge is -2.28. The molecule has 2 atom stereocenters. The highest BCUT2D eigenvalue weighted by Crippen LogP contribution is 2.38. The van der Waals surface area contributed by atoms with Crippen LogP contribution in [-0.4, -0.2) is 70.7 Å². The van der Waals surface area contributed by atoms with E-state index in [1.807, 2.05) is 21.1 Å². The van der Waals surface area contributed by atoms with Crippen LogP contribution in [0.15, 0.2) is 0 Å². The Kier molecular flexibility index (Phi) is 39.0. The highest BCUT2D eigenvalue weighted by Gasteiger charge is 2.20. The summed E-state index contributed by atoms with van der Waals surface area (Å²) in [6.07, 6.45) is 41.3. The van der Waals surface area contributed by atoms with Gasteiger partial charge in [-0.3, -0.25) is 9.36 Å². The number of rotatable bonds is 44. The maximum absolute atomic E-state index is 12.6. The third-order valence-corrected chi connectivity index (χ3v) is 11.4. The van der Waals surface area contributed by atoms with Crippen LogP contribution in [0.4, 0.5) is 0 Å². The average Bonchev–Trinajstić information content (AvgIpc) is 3.12. The molecule has 0 amide bonds. The van der Waals surface area contributed by atoms with Crippen LogP contribution in [-0.2, 0) is 27.9 Å². The van der Waals surface area contributed by atoms with Crippen LogP contribution in [0.1, 0.15) is 226 Å². The molecular formula is C45H92NO7P. The maximum atomic E-state index is 12.6. The third kappa shape index (κ3) is 42.6. The topological polar surface area (TPSA) is 94.1 Å². The van der Waals surface area contributed by atoms with E-state index < -0.39 is 13.9 Å². The Hall–Kier alpha value is -0.500. The van der Waals surface area contributed by atoms with Gasteiger partial charge < -0.3 is 27.9 Å². The lowest BCUT2D eigenvalue weighted by Crippen LogP contribution is -2.37. The normalized spacial score (nSPS) is 13.7. The second-order valence-electron chi connectivity index (χ2n) is 17.1. The molecule has 0 aromatic carbocycles. The van der Waals surface area contributed by atoms with E-state index in [-0.39, 0.29) is 25.8 Å². The van der Waals surface area contributed by atoms with Crippen molar-refractivity contribution in [2.24, 2.45) is 0 Å². The molecule has 8 nitrogen and oxygen atoms in total. The van der Waals surface area contributed by atoms with Crippen LogP contribution in [0, 0.1) is 0 Å². The highest BCUT2D eigenvalue weighted by atomic mass is 31.2. The van der Waals surface area contributed by atoms with Crippen LogP contribution in [0.3, 0.4) is 0 Å². The van der Waals surface area contributed by atoms with Gasteiger partial charge in [-0.25, -0.2) is 0 Å². The zero-order valence-corrected chi connectivity index (χ0v) is 37.6. The summed E-state index contributed by atoms with van der Waals surface area (Å²) in [6.45, 7) is 5.45. The van der Waals surface area contributed by atoms with Crippen molar-refractivity contribution in [3.63, 3.8) is 0 Å². The number of carbonyl (C=O) groups is 1. The molecule has 0 aromatic heterocycles. The molecule has 2 unspecified atom stereocenters. The van der Waals surface area contributed by atoms with E-state index in [9.17, 15) is 14.3 Å². The van der Waals surface area contributed by atoms with Crippen molar-refractivity contribution >= 4 is 13.8 Å². The van der Waals surface area contributed by atoms with Crippen LogP contribution < -0.4 is 4.89 Å². The summed E-state index contributed by atoms with van der Waals surface area (Å²) in [5.41, 5.74) is 0. The van der Waals surface area contributed by atoms with Gasteiger partial charge in [0.2, 0.25) is 0 Å². The first kappa shape index (κ1) is 53.5. The predicted molar refractivity (Wildman–Crippen MR) is 227 cm³/mol. The molecule has 324 valence electrons. The van der Waals surface area contributed by atoms with Gasteiger partial charge >= 0.3 is 5.97 Å². The molecule has 0 aliphatic carbocycles. The molecule has 0 aliphatic rings. The minimum Gasteiger partial charge on any atom is -0.756 e. The Morgan fingerprint density at radius 2 is 0.852 bits per heavy atom. The van der Waals surface area contributed by atoms with Crippen molar-refractivity contribution in [2.75, 3.05) is 54.1 Å². The fourth-order valence-corrected chi connectivity index (χ4v) is 7.51. The third-order valence-electron chi connectivity index (χ3n) is 10.4. The standard InChI is InChI=1S/C45H92NO7P/c1-6-8-10-12-14-16-18-19-20-21-22-23-24-25-26-27-28-29-31-33-35-37-40-50-42-44(43-52-54(48,49)51-41-39-46(3,4)5)53-45(47)38-36-34-32-30-17-15-13-11-9-7-2/h44H,6-43H2,1-5H3. The quantitative estimate of drug-likeness (QED) is 0.0262. The highest BCUT2D eigenvalue weighted by molar-refractivity contribution is 7.45. The van der Waals surface area contributed by atoms with E-state index in [0.29, 0.717) is 24.1 Å². The van der Waals surface area contributed by atoms with Crippen LogP contribution in [0.2, 0.25) is 0 Å². The number of hydrogen-bond donors (Lipinski definition) is 0. The number of nitrogens with zero attached hydrogens (tertiary/aromatic N) is 1. The molecule has 9 heteroatoms. The molecule has 0 heterocycles. The molecular weight excluding hydrogens is 697 g/mol. The number of ether oxygens (including phenoxy) is 2. The SMILES string of the molecule is CCCCCCCCCCCCCCCCCCCCCCCCOCC(COP(=O)([O-])OCC[N+](C)(C)C)OC(=O)CCCCCCCCCCCC. The van der Waals surface area contributed by atoms with Gasteiger partial charge in [-0.1, -0.05) is 206 Å². The number of carbonyl (C=O) groups excluding carboxylic acids is 1. The minimum atomic E-state index is -4.51. The Morgan fingerprint density at radius 3 is 1.22 bits per heavy atom. The van der Waals surface area contributed by atoms with Crippen molar-refractivity contribution in [1.29, 1.82) is 0 Å². The van der Waals surface area contributed by atoms with E-state index in [1.54, 1.807) is 0 Å². The molecule has 0 saturated heterocycles. The Morgan fingerprint density at radius 1 is 0.500 bits per heavy atom. The van der Waals surface area contributed by atoms with Gasteiger partial charge in [0.15, 0.2) is 0 Å². The lowest BCUT2D eigenvalue weighted by atomic mass is 10.0. The fraction of sp³-hybridized carbons (Fsp3) is 0.978. The summed E-state index contributed by atoms with van der Waals surface area (Å²) < 4.78 is 34.6. The van der Waals surface area contributed by atoms with Crippen molar-refractivity contribution in [3.05, 3.63) is 0 Å². The molecule has 0 saturated carbocycles. The first-order valence-corrected chi connectivity index (χ1v) is 24.7. The van der Waals surface area contributed by atoms with E-state index in [4.69, 9.17) is 18.5 Å². The largest absolute Gasteiger partial charge is 0.756 e. The zero-order valence-electron chi connectivity index (χ0n) is 36.7. The van der Waals surface area contributed by atoms with Crippen LogP contribution in [0.5, 0.6) is 0 Å². The Balaban J connectivity index is 4.02. The summed E-state index contributed by atoms with van der Waals surface area (Å²) in [5, 5.41) is 0. The van der Waals surface area contributed by atoms with Crippen LogP contribution in [0.25, 0.3) is 0 Å². The molecule has 0 aliphatic heterocycles. The second-order valence-corrected chi connectivity index (χ2v) is 18.5. The minimum absolute atomic E-state index is 0.0312. The number of quaternary nitrogens is 1. The Bertz CT molecular complexity index is 837.